The summed E-state index contributed by atoms with van der Waals surface area (Å²) in [5.41, 5.74) is 0.244. The molecule has 1 rings (SSSR count). The second-order valence-electron chi connectivity index (χ2n) is 10.8. The molecule has 1 unspecified atom stereocenters. The molecule has 8 nitrogen and oxygen atoms in total. The fraction of sp³-hybridized carbons (Fsp3) is 0.700. The van der Waals surface area contributed by atoms with Crippen molar-refractivity contribution in [2.45, 2.75) is 123 Å². The normalized spacial score (nSPS) is 11.9. The summed E-state index contributed by atoms with van der Waals surface area (Å²) in [7, 11) is 0. The van der Waals surface area contributed by atoms with Crippen molar-refractivity contribution in [3.8, 4) is 0 Å². The minimum absolute atomic E-state index is 0.191. The molecule has 0 heterocycles. The molecule has 3 N–H and O–H groups in total. The Morgan fingerprint density at radius 3 is 1.95 bits per heavy atom. The van der Waals surface area contributed by atoms with Crippen molar-refractivity contribution < 1.29 is 23.9 Å². The van der Waals surface area contributed by atoms with Crippen molar-refractivity contribution in [3.63, 3.8) is 0 Å². The van der Waals surface area contributed by atoms with Gasteiger partial charge in [-0.3, -0.25) is 4.79 Å². The molecular formula is C30H51N3O5. The molecule has 3 amide bonds. The third-order valence-corrected chi connectivity index (χ3v) is 5.99. The highest BCUT2D eigenvalue weighted by atomic mass is 16.6. The van der Waals surface area contributed by atoms with Crippen LogP contribution in [0.5, 0.6) is 0 Å². The van der Waals surface area contributed by atoms with Crippen LogP contribution >= 0.6 is 0 Å². The SMILES string of the molecule is CCCCCCCCCCCCNC(=O)C(CCCNC(=O)OCc1ccccc1)NC(=O)OC(C)(C)C. The zero-order chi connectivity index (χ0) is 28.1. The highest BCUT2D eigenvalue weighted by Crippen LogP contribution is 2.11. The first-order valence-electron chi connectivity index (χ1n) is 14.4. The minimum atomic E-state index is -0.741. The van der Waals surface area contributed by atoms with Crippen LogP contribution in [0, 0.1) is 0 Å². The molecule has 0 fully saturated rings. The fourth-order valence-electron chi connectivity index (χ4n) is 3.94. The first-order valence-corrected chi connectivity index (χ1v) is 14.4. The van der Waals surface area contributed by atoms with E-state index >= 15 is 0 Å². The summed E-state index contributed by atoms with van der Waals surface area (Å²) in [6, 6.07) is 8.70. The zero-order valence-corrected chi connectivity index (χ0v) is 24.1. The second kappa shape index (κ2) is 20.2. The summed E-state index contributed by atoms with van der Waals surface area (Å²) in [5, 5.41) is 8.32. The standard InChI is InChI=1S/C30H51N3O5/c1-5-6-7-8-9-10-11-12-13-17-22-31-27(34)26(33-29(36)38-30(2,3)4)21-18-23-32-28(35)37-24-25-19-15-14-16-20-25/h14-16,19-20,26H,5-13,17-18,21-24H2,1-4H3,(H,31,34)(H,32,35)(H,33,36). The van der Waals surface area contributed by atoms with Gasteiger partial charge in [-0.2, -0.15) is 0 Å². The molecule has 1 aromatic rings. The number of nitrogens with one attached hydrogen (secondary N) is 3. The molecule has 0 aromatic heterocycles. The van der Waals surface area contributed by atoms with Gasteiger partial charge in [0.15, 0.2) is 0 Å². The molecule has 0 aliphatic rings. The van der Waals surface area contributed by atoms with Crippen molar-refractivity contribution >= 4 is 18.1 Å². The van der Waals surface area contributed by atoms with Crippen LogP contribution < -0.4 is 16.0 Å². The Morgan fingerprint density at radius 1 is 0.763 bits per heavy atom. The summed E-state index contributed by atoms with van der Waals surface area (Å²) in [6.07, 6.45) is 12.0. The minimum Gasteiger partial charge on any atom is -0.445 e. The van der Waals surface area contributed by atoms with Crippen molar-refractivity contribution in [2.24, 2.45) is 0 Å². The van der Waals surface area contributed by atoms with Gasteiger partial charge in [-0.25, -0.2) is 9.59 Å². The monoisotopic (exact) mass is 533 g/mol. The summed E-state index contributed by atoms with van der Waals surface area (Å²) < 4.78 is 10.5. The number of amides is 3. The molecule has 0 bridgehead atoms. The van der Waals surface area contributed by atoms with E-state index in [-0.39, 0.29) is 12.5 Å². The van der Waals surface area contributed by atoms with E-state index < -0.39 is 23.8 Å². The number of rotatable bonds is 19. The Morgan fingerprint density at radius 2 is 1.34 bits per heavy atom. The van der Waals surface area contributed by atoms with Crippen LogP contribution in [-0.4, -0.2) is 42.8 Å². The van der Waals surface area contributed by atoms with Crippen LogP contribution in [0.2, 0.25) is 0 Å². The van der Waals surface area contributed by atoms with Crippen LogP contribution in [0.3, 0.4) is 0 Å². The molecule has 38 heavy (non-hydrogen) atoms. The number of hydrogen-bond acceptors (Lipinski definition) is 5. The van der Waals surface area contributed by atoms with Gasteiger partial charge in [-0.05, 0) is 45.6 Å². The number of benzene rings is 1. The molecule has 0 aliphatic carbocycles. The van der Waals surface area contributed by atoms with Crippen LogP contribution in [0.4, 0.5) is 9.59 Å². The van der Waals surface area contributed by atoms with Gasteiger partial charge >= 0.3 is 12.2 Å². The van der Waals surface area contributed by atoms with Gasteiger partial charge in [-0.1, -0.05) is 95.0 Å². The molecule has 1 atom stereocenters. The summed E-state index contributed by atoms with van der Waals surface area (Å²) in [6.45, 7) is 8.65. The highest BCUT2D eigenvalue weighted by Gasteiger charge is 2.24. The number of carbonyl (C=O) groups excluding carboxylic acids is 3. The smallest absolute Gasteiger partial charge is 0.408 e. The van der Waals surface area contributed by atoms with Gasteiger partial charge in [-0.15, -0.1) is 0 Å². The van der Waals surface area contributed by atoms with Crippen molar-refractivity contribution in [3.05, 3.63) is 35.9 Å². The predicted molar refractivity (Wildman–Crippen MR) is 152 cm³/mol. The Balaban J connectivity index is 2.33. The lowest BCUT2D eigenvalue weighted by atomic mass is 10.1. The van der Waals surface area contributed by atoms with Gasteiger partial charge in [0, 0.05) is 13.1 Å². The second-order valence-corrected chi connectivity index (χ2v) is 10.8. The molecule has 0 saturated heterocycles. The number of alkyl carbamates (subject to hydrolysis) is 2. The summed E-state index contributed by atoms with van der Waals surface area (Å²) >= 11 is 0. The van der Waals surface area contributed by atoms with Crippen LogP contribution in [0.1, 0.15) is 110 Å². The maximum atomic E-state index is 12.8. The van der Waals surface area contributed by atoms with Crippen LogP contribution in [0.15, 0.2) is 30.3 Å². The Labute approximate surface area is 230 Å². The van der Waals surface area contributed by atoms with Crippen LogP contribution in [-0.2, 0) is 20.9 Å². The summed E-state index contributed by atoms with van der Waals surface area (Å²) in [5.74, 6) is -0.238. The lowest BCUT2D eigenvalue weighted by molar-refractivity contribution is -0.123. The lowest BCUT2D eigenvalue weighted by Gasteiger charge is -2.23. The van der Waals surface area contributed by atoms with E-state index in [9.17, 15) is 14.4 Å². The maximum Gasteiger partial charge on any atom is 0.408 e. The molecule has 216 valence electrons. The van der Waals surface area contributed by atoms with Crippen LogP contribution in [0.25, 0.3) is 0 Å². The van der Waals surface area contributed by atoms with E-state index in [2.05, 4.69) is 22.9 Å². The first kappa shape index (κ1) is 33.3. The topological polar surface area (TPSA) is 106 Å². The quantitative estimate of drug-likeness (QED) is 0.173. The van der Waals surface area contributed by atoms with E-state index in [1.54, 1.807) is 20.8 Å². The van der Waals surface area contributed by atoms with E-state index in [1.807, 2.05) is 30.3 Å². The molecule has 1 aromatic carbocycles. The fourth-order valence-corrected chi connectivity index (χ4v) is 3.94. The average Bonchev–Trinajstić information content (AvgIpc) is 2.87. The van der Waals surface area contributed by atoms with Gasteiger partial charge in [0.25, 0.3) is 0 Å². The van der Waals surface area contributed by atoms with Crippen molar-refractivity contribution in [1.82, 2.24) is 16.0 Å². The third kappa shape index (κ3) is 18.5. The molecule has 0 spiro atoms. The molecule has 8 heteroatoms. The van der Waals surface area contributed by atoms with E-state index in [1.165, 1.54) is 51.4 Å². The first-order chi connectivity index (χ1) is 18.2. The summed E-state index contributed by atoms with van der Waals surface area (Å²) in [4.78, 5) is 37.0. The number of ether oxygens (including phenoxy) is 2. The largest absolute Gasteiger partial charge is 0.445 e. The van der Waals surface area contributed by atoms with Crippen molar-refractivity contribution in [2.75, 3.05) is 13.1 Å². The Bertz CT molecular complexity index is 780. The van der Waals surface area contributed by atoms with E-state index in [4.69, 9.17) is 9.47 Å². The molecular weight excluding hydrogens is 482 g/mol. The number of unbranched alkanes of at least 4 members (excludes halogenated alkanes) is 9. The molecule has 0 radical (unpaired) electrons. The van der Waals surface area contributed by atoms with Gasteiger partial charge in [0.2, 0.25) is 5.91 Å². The van der Waals surface area contributed by atoms with Gasteiger partial charge < -0.3 is 25.4 Å². The zero-order valence-electron chi connectivity index (χ0n) is 24.1. The number of carbonyl (C=O) groups is 3. The Hall–Kier alpha value is -2.77. The predicted octanol–water partition coefficient (Wildman–Crippen LogP) is 6.62. The molecule has 0 aliphatic heterocycles. The average molecular weight is 534 g/mol. The number of hydrogen-bond donors (Lipinski definition) is 3. The van der Waals surface area contributed by atoms with Gasteiger partial charge in [0.1, 0.15) is 18.2 Å². The van der Waals surface area contributed by atoms with E-state index in [0.29, 0.717) is 25.9 Å². The Kier molecular flexibility index (Phi) is 17.7. The van der Waals surface area contributed by atoms with Gasteiger partial charge in [0.05, 0.1) is 0 Å². The van der Waals surface area contributed by atoms with Crippen molar-refractivity contribution in [1.29, 1.82) is 0 Å². The molecule has 0 saturated carbocycles. The maximum absolute atomic E-state index is 12.8. The highest BCUT2D eigenvalue weighted by molar-refractivity contribution is 5.85. The lowest BCUT2D eigenvalue weighted by Crippen LogP contribution is -2.48. The van der Waals surface area contributed by atoms with E-state index in [0.717, 1.165) is 18.4 Å². The third-order valence-electron chi connectivity index (χ3n) is 5.99.